The molecule has 2 aromatic heterocycles. The van der Waals surface area contributed by atoms with Crippen molar-refractivity contribution in [2.24, 2.45) is 0 Å². The van der Waals surface area contributed by atoms with Crippen molar-refractivity contribution in [3.05, 3.63) is 57.5 Å². The number of H-pyrrole nitrogens is 1. The van der Waals surface area contributed by atoms with Crippen LogP contribution in [0.4, 0.5) is 0 Å². The highest BCUT2D eigenvalue weighted by Crippen LogP contribution is 2.25. The van der Waals surface area contributed by atoms with Gasteiger partial charge in [0.25, 0.3) is 11.5 Å². The molecule has 6 heteroatoms. The molecule has 1 aliphatic heterocycles. The fourth-order valence-corrected chi connectivity index (χ4v) is 2.73. The maximum absolute atomic E-state index is 12.5. The van der Waals surface area contributed by atoms with Gasteiger partial charge in [-0.05, 0) is 38.5 Å². The molecular formula is C16H18N4O2. The number of aromatic nitrogens is 3. The molecule has 6 nitrogen and oxygen atoms in total. The molecule has 2 aromatic rings. The quantitative estimate of drug-likeness (QED) is 0.909. The number of hydrogen-bond donors (Lipinski definition) is 1. The summed E-state index contributed by atoms with van der Waals surface area (Å²) in [6.45, 7) is 4.88. The Morgan fingerprint density at radius 3 is 2.86 bits per heavy atom. The second-order valence-corrected chi connectivity index (χ2v) is 5.68. The molecule has 1 atom stereocenters. The Bertz CT molecular complexity index is 769. The summed E-state index contributed by atoms with van der Waals surface area (Å²) in [6.07, 6.45) is 2.56. The predicted octanol–water partition coefficient (Wildman–Crippen LogP) is 1.41. The van der Waals surface area contributed by atoms with Gasteiger partial charge in [0.15, 0.2) is 0 Å². The van der Waals surface area contributed by atoms with Crippen molar-refractivity contribution in [3.63, 3.8) is 0 Å². The summed E-state index contributed by atoms with van der Waals surface area (Å²) >= 11 is 0. The first-order valence-corrected chi connectivity index (χ1v) is 7.33. The summed E-state index contributed by atoms with van der Waals surface area (Å²) in [5.41, 5.74) is 1.52. The molecule has 0 aromatic carbocycles. The summed E-state index contributed by atoms with van der Waals surface area (Å²) in [7, 11) is 0. The van der Waals surface area contributed by atoms with Crippen molar-refractivity contribution >= 4 is 5.91 Å². The largest absolute Gasteiger partial charge is 0.338 e. The van der Waals surface area contributed by atoms with E-state index >= 15 is 0 Å². The first-order valence-electron chi connectivity index (χ1n) is 7.33. The number of pyridine rings is 1. The maximum atomic E-state index is 12.5. The zero-order chi connectivity index (χ0) is 15.7. The Kier molecular flexibility index (Phi) is 3.75. The van der Waals surface area contributed by atoms with E-state index in [4.69, 9.17) is 0 Å². The molecule has 0 saturated carbocycles. The molecule has 0 bridgehead atoms. The van der Waals surface area contributed by atoms with Gasteiger partial charge in [-0.2, -0.15) is 0 Å². The van der Waals surface area contributed by atoms with E-state index in [1.165, 1.54) is 0 Å². The van der Waals surface area contributed by atoms with Gasteiger partial charge in [-0.1, -0.05) is 0 Å². The van der Waals surface area contributed by atoms with Gasteiger partial charge in [-0.15, -0.1) is 0 Å². The van der Waals surface area contributed by atoms with E-state index < -0.39 is 0 Å². The number of likely N-dealkylation sites (tertiary alicyclic amines) is 1. The van der Waals surface area contributed by atoms with Gasteiger partial charge in [-0.25, -0.2) is 9.97 Å². The van der Waals surface area contributed by atoms with Gasteiger partial charge >= 0.3 is 0 Å². The highest BCUT2D eigenvalue weighted by atomic mass is 16.2. The first kappa shape index (κ1) is 14.4. The summed E-state index contributed by atoms with van der Waals surface area (Å²) < 4.78 is 0. The lowest BCUT2D eigenvalue weighted by molar-refractivity contribution is 0.0788. The molecule has 22 heavy (non-hydrogen) atoms. The molecule has 0 aliphatic carbocycles. The standard InChI is InChI=1S/C16H18N4O2/c1-10-3-4-13(15(21)19-10)16(22)20-8-6-12(9-20)14-17-7-5-11(2)18-14/h3-5,7,12H,6,8-9H2,1-2H3,(H,19,21)/t12-/m0/s1. The van der Waals surface area contributed by atoms with Crippen LogP contribution in [0.1, 0.15) is 39.9 Å². The molecule has 1 N–H and O–H groups in total. The third-order valence-electron chi connectivity index (χ3n) is 3.94. The monoisotopic (exact) mass is 298 g/mol. The Morgan fingerprint density at radius 1 is 1.32 bits per heavy atom. The predicted molar refractivity (Wildman–Crippen MR) is 81.8 cm³/mol. The van der Waals surface area contributed by atoms with Crippen molar-refractivity contribution in [1.29, 1.82) is 0 Å². The lowest BCUT2D eigenvalue weighted by atomic mass is 10.1. The molecule has 0 unspecified atom stereocenters. The van der Waals surface area contributed by atoms with Crippen molar-refractivity contribution in [1.82, 2.24) is 19.9 Å². The van der Waals surface area contributed by atoms with Gasteiger partial charge in [0, 0.05) is 36.6 Å². The molecule has 3 rings (SSSR count). The number of carbonyl (C=O) groups excluding carboxylic acids is 1. The minimum Gasteiger partial charge on any atom is -0.338 e. The Morgan fingerprint density at radius 2 is 2.14 bits per heavy atom. The number of aryl methyl sites for hydroxylation is 2. The normalized spacial score (nSPS) is 17.7. The first-order chi connectivity index (χ1) is 10.5. The number of aromatic amines is 1. The zero-order valence-electron chi connectivity index (χ0n) is 12.7. The van der Waals surface area contributed by atoms with Crippen molar-refractivity contribution in [2.45, 2.75) is 26.2 Å². The summed E-state index contributed by atoms with van der Waals surface area (Å²) in [5.74, 6) is 0.679. The van der Waals surface area contributed by atoms with E-state index in [2.05, 4.69) is 15.0 Å². The Hall–Kier alpha value is -2.50. The van der Waals surface area contributed by atoms with Gasteiger partial charge in [0.2, 0.25) is 0 Å². The third-order valence-corrected chi connectivity index (χ3v) is 3.94. The van der Waals surface area contributed by atoms with E-state index in [0.29, 0.717) is 13.1 Å². The van der Waals surface area contributed by atoms with Crippen LogP contribution in [0.15, 0.2) is 29.2 Å². The number of nitrogens with zero attached hydrogens (tertiary/aromatic N) is 3. The van der Waals surface area contributed by atoms with Crippen LogP contribution in [0.3, 0.4) is 0 Å². The van der Waals surface area contributed by atoms with Crippen LogP contribution in [0, 0.1) is 13.8 Å². The fraction of sp³-hybridized carbons (Fsp3) is 0.375. The van der Waals surface area contributed by atoms with Crippen LogP contribution in [-0.2, 0) is 0 Å². The highest BCUT2D eigenvalue weighted by Gasteiger charge is 2.30. The topological polar surface area (TPSA) is 79.0 Å². The second kappa shape index (κ2) is 5.71. The Balaban J connectivity index is 1.77. The molecule has 1 fully saturated rings. The second-order valence-electron chi connectivity index (χ2n) is 5.68. The van der Waals surface area contributed by atoms with Crippen molar-refractivity contribution in [3.8, 4) is 0 Å². The molecule has 1 aliphatic rings. The summed E-state index contributed by atoms with van der Waals surface area (Å²) in [5, 5.41) is 0. The molecule has 114 valence electrons. The van der Waals surface area contributed by atoms with Gasteiger partial charge in [0.1, 0.15) is 11.4 Å². The van der Waals surface area contributed by atoms with Crippen molar-refractivity contribution in [2.75, 3.05) is 13.1 Å². The molecule has 3 heterocycles. The van der Waals surface area contributed by atoms with Gasteiger partial charge in [-0.3, -0.25) is 9.59 Å². The van der Waals surface area contributed by atoms with E-state index in [1.54, 1.807) is 30.2 Å². The van der Waals surface area contributed by atoms with Crippen molar-refractivity contribution < 1.29 is 4.79 Å². The number of nitrogens with one attached hydrogen (secondary N) is 1. The number of amides is 1. The minimum atomic E-state index is -0.333. The van der Waals surface area contributed by atoms with Crippen LogP contribution >= 0.6 is 0 Å². The molecular weight excluding hydrogens is 280 g/mol. The van der Waals surface area contributed by atoms with E-state index in [-0.39, 0.29) is 22.9 Å². The van der Waals surface area contributed by atoms with Crippen LogP contribution in [0.25, 0.3) is 0 Å². The van der Waals surface area contributed by atoms with E-state index in [0.717, 1.165) is 23.6 Å². The van der Waals surface area contributed by atoms with E-state index in [1.807, 2.05) is 13.0 Å². The average Bonchev–Trinajstić information content (AvgIpc) is 2.96. The average molecular weight is 298 g/mol. The highest BCUT2D eigenvalue weighted by molar-refractivity contribution is 5.94. The van der Waals surface area contributed by atoms with E-state index in [9.17, 15) is 9.59 Å². The molecule has 1 amide bonds. The van der Waals surface area contributed by atoms with Crippen LogP contribution in [0.2, 0.25) is 0 Å². The molecule has 0 radical (unpaired) electrons. The SMILES string of the molecule is Cc1ccnc([C@H]2CCN(C(=O)c3ccc(C)[nH]c3=O)C2)n1. The lowest BCUT2D eigenvalue weighted by Gasteiger charge is -2.16. The van der Waals surface area contributed by atoms with Gasteiger partial charge in [0.05, 0.1) is 0 Å². The summed E-state index contributed by atoms with van der Waals surface area (Å²) in [4.78, 5) is 37.5. The molecule has 1 saturated heterocycles. The van der Waals surface area contributed by atoms with Crippen LogP contribution in [0.5, 0.6) is 0 Å². The van der Waals surface area contributed by atoms with Crippen LogP contribution < -0.4 is 5.56 Å². The van der Waals surface area contributed by atoms with Crippen LogP contribution in [-0.4, -0.2) is 38.8 Å². The maximum Gasteiger partial charge on any atom is 0.260 e. The Labute approximate surface area is 128 Å². The fourth-order valence-electron chi connectivity index (χ4n) is 2.73. The summed E-state index contributed by atoms with van der Waals surface area (Å²) in [6, 6.07) is 5.19. The smallest absolute Gasteiger partial charge is 0.260 e. The zero-order valence-corrected chi connectivity index (χ0v) is 12.7. The third kappa shape index (κ3) is 2.77. The number of hydrogen-bond acceptors (Lipinski definition) is 4. The number of rotatable bonds is 2. The lowest BCUT2D eigenvalue weighted by Crippen LogP contribution is -2.33. The minimum absolute atomic E-state index is 0.133. The number of carbonyl (C=O) groups is 1. The van der Waals surface area contributed by atoms with Gasteiger partial charge < -0.3 is 9.88 Å². The molecule has 0 spiro atoms.